The van der Waals surface area contributed by atoms with E-state index in [0.29, 0.717) is 5.56 Å². The molecular weight excluding hydrogens is 277 g/mol. The van der Waals surface area contributed by atoms with E-state index in [1.165, 1.54) is 43.3 Å². The number of halogens is 1. The van der Waals surface area contributed by atoms with Crippen LogP contribution in [0.3, 0.4) is 0 Å². The predicted molar refractivity (Wildman–Crippen MR) is 74.9 cm³/mol. The first-order valence-corrected chi connectivity index (χ1v) is 6.29. The van der Waals surface area contributed by atoms with Crippen molar-refractivity contribution < 1.29 is 19.2 Å². The van der Waals surface area contributed by atoms with Gasteiger partial charge in [0.25, 0.3) is 5.69 Å². The van der Waals surface area contributed by atoms with E-state index in [1.54, 1.807) is 6.92 Å². The van der Waals surface area contributed by atoms with E-state index < -0.39 is 16.8 Å². The van der Waals surface area contributed by atoms with Crippen LogP contribution in [-0.4, -0.2) is 10.0 Å². The number of nitro groups is 1. The number of aliphatic hydroxyl groups is 1. The molecule has 0 saturated heterocycles. The molecule has 0 aromatic heterocycles. The van der Waals surface area contributed by atoms with Gasteiger partial charge in [-0.05, 0) is 31.5 Å². The lowest BCUT2D eigenvalue weighted by Gasteiger charge is -2.15. The van der Waals surface area contributed by atoms with Crippen LogP contribution in [0.4, 0.5) is 10.1 Å². The summed E-state index contributed by atoms with van der Waals surface area (Å²) < 4.78 is 19.4. The number of nitro benzene ring substituents is 1. The highest BCUT2D eigenvalue weighted by Crippen LogP contribution is 2.35. The number of aryl methyl sites for hydroxylation is 1. The van der Waals surface area contributed by atoms with Crippen molar-refractivity contribution >= 4 is 5.69 Å². The van der Waals surface area contributed by atoms with Crippen LogP contribution < -0.4 is 4.74 Å². The fraction of sp³-hybridized carbons (Fsp3) is 0.200. The third-order valence-electron chi connectivity index (χ3n) is 3.04. The van der Waals surface area contributed by atoms with E-state index in [-0.39, 0.29) is 22.7 Å². The minimum absolute atomic E-state index is 0.129. The van der Waals surface area contributed by atoms with Crippen LogP contribution >= 0.6 is 0 Å². The van der Waals surface area contributed by atoms with Crippen LogP contribution in [-0.2, 0) is 0 Å². The quantitative estimate of drug-likeness (QED) is 0.685. The van der Waals surface area contributed by atoms with Crippen molar-refractivity contribution in [1.82, 2.24) is 0 Å². The lowest BCUT2D eigenvalue weighted by Crippen LogP contribution is -2.00. The number of rotatable bonds is 4. The number of ether oxygens (including phenoxy) is 1. The molecule has 0 radical (unpaired) electrons. The Labute approximate surface area is 120 Å². The monoisotopic (exact) mass is 291 g/mol. The smallest absolute Gasteiger partial charge is 0.273 e. The van der Waals surface area contributed by atoms with E-state index in [2.05, 4.69) is 0 Å². The second-order valence-electron chi connectivity index (χ2n) is 4.64. The van der Waals surface area contributed by atoms with Crippen LogP contribution in [0.25, 0.3) is 0 Å². The normalized spacial score (nSPS) is 12.0. The highest BCUT2D eigenvalue weighted by atomic mass is 19.1. The van der Waals surface area contributed by atoms with E-state index in [1.807, 2.05) is 0 Å². The van der Waals surface area contributed by atoms with Gasteiger partial charge in [0.2, 0.25) is 0 Å². The van der Waals surface area contributed by atoms with Crippen molar-refractivity contribution in [2.45, 2.75) is 20.0 Å². The van der Waals surface area contributed by atoms with Gasteiger partial charge in [0, 0.05) is 11.6 Å². The third-order valence-corrected chi connectivity index (χ3v) is 3.04. The minimum Gasteiger partial charge on any atom is -0.453 e. The molecule has 110 valence electrons. The molecule has 2 aromatic carbocycles. The molecule has 6 heteroatoms. The maximum absolute atomic E-state index is 13.9. The molecule has 0 fully saturated rings. The first-order valence-electron chi connectivity index (χ1n) is 6.29. The van der Waals surface area contributed by atoms with Gasteiger partial charge in [0.15, 0.2) is 11.6 Å². The zero-order chi connectivity index (χ0) is 15.6. The molecular formula is C15H14FNO4. The Kier molecular flexibility index (Phi) is 4.18. The lowest BCUT2D eigenvalue weighted by molar-refractivity contribution is -0.384. The number of benzene rings is 2. The van der Waals surface area contributed by atoms with Crippen molar-refractivity contribution in [3.8, 4) is 11.5 Å². The summed E-state index contributed by atoms with van der Waals surface area (Å²) in [6.45, 7) is 3.18. The van der Waals surface area contributed by atoms with Gasteiger partial charge in [-0.3, -0.25) is 10.1 Å². The lowest BCUT2D eigenvalue weighted by atomic mass is 10.1. The predicted octanol–water partition coefficient (Wildman–Crippen LogP) is 3.89. The number of para-hydroxylation sites is 1. The number of nitrogens with zero attached hydrogens (tertiary/aromatic N) is 1. The molecule has 1 atom stereocenters. The standard InChI is InChI=1S/C15H14FNO4/c1-9-6-7-11(17(19)20)8-14(9)21-15-12(10(2)18)4-3-5-13(15)16/h3-8,10,18H,1-2H3/t10-/m1/s1. The van der Waals surface area contributed by atoms with Crippen LogP contribution in [0.15, 0.2) is 36.4 Å². The summed E-state index contributed by atoms with van der Waals surface area (Å²) in [5, 5.41) is 20.5. The summed E-state index contributed by atoms with van der Waals surface area (Å²) in [5.41, 5.74) is 0.756. The van der Waals surface area contributed by atoms with Crippen LogP contribution in [0, 0.1) is 22.9 Å². The summed E-state index contributed by atoms with van der Waals surface area (Å²) in [5.74, 6) is -0.591. The second kappa shape index (κ2) is 5.88. The van der Waals surface area contributed by atoms with Gasteiger partial charge < -0.3 is 9.84 Å². The van der Waals surface area contributed by atoms with Crippen molar-refractivity contribution in [3.05, 3.63) is 63.5 Å². The molecule has 0 spiro atoms. The molecule has 0 aliphatic heterocycles. The zero-order valence-corrected chi connectivity index (χ0v) is 11.5. The molecule has 0 amide bonds. The van der Waals surface area contributed by atoms with E-state index in [0.717, 1.165) is 0 Å². The van der Waals surface area contributed by atoms with E-state index in [9.17, 15) is 19.6 Å². The molecule has 2 rings (SSSR count). The molecule has 21 heavy (non-hydrogen) atoms. The Bertz CT molecular complexity index is 685. The first kappa shape index (κ1) is 14.9. The summed E-state index contributed by atoms with van der Waals surface area (Å²) in [7, 11) is 0. The van der Waals surface area contributed by atoms with Gasteiger partial charge in [-0.25, -0.2) is 4.39 Å². The highest BCUT2D eigenvalue weighted by Gasteiger charge is 2.17. The largest absolute Gasteiger partial charge is 0.453 e. The van der Waals surface area contributed by atoms with Crippen molar-refractivity contribution in [2.24, 2.45) is 0 Å². The minimum atomic E-state index is -0.922. The summed E-state index contributed by atoms with van der Waals surface area (Å²) >= 11 is 0. The molecule has 1 N–H and O–H groups in total. The van der Waals surface area contributed by atoms with Gasteiger partial charge in [0.05, 0.1) is 17.1 Å². The van der Waals surface area contributed by atoms with Gasteiger partial charge >= 0.3 is 0 Å². The van der Waals surface area contributed by atoms with Gasteiger partial charge in [-0.2, -0.15) is 0 Å². The molecule has 0 unspecified atom stereocenters. The molecule has 0 heterocycles. The Morgan fingerprint density at radius 2 is 2.05 bits per heavy atom. The molecule has 0 saturated carbocycles. The Morgan fingerprint density at radius 3 is 2.67 bits per heavy atom. The maximum atomic E-state index is 13.9. The molecule has 0 aliphatic rings. The van der Waals surface area contributed by atoms with Gasteiger partial charge in [-0.15, -0.1) is 0 Å². The van der Waals surface area contributed by atoms with Crippen molar-refractivity contribution in [2.75, 3.05) is 0 Å². The molecule has 0 aliphatic carbocycles. The Morgan fingerprint density at radius 1 is 1.33 bits per heavy atom. The number of hydrogen-bond acceptors (Lipinski definition) is 4. The molecule has 5 nitrogen and oxygen atoms in total. The van der Waals surface area contributed by atoms with E-state index in [4.69, 9.17) is 4.74 Å². The summed E-state index contributed by atoms with van der Waals surface area (Å²) in [6.07, 6.45) is -0.922. The van der Waals surface area contributed by atoms with Crippen molar-refractivity contribution in [1.29, 1.82) is 0 Å². The van der Waals surface area contributed by atoms with Crippen LogP contribution in [0.2, 0.25) is 0 Å². The third kappa shape index (κ3) is 3.17. The maximum Gasteiger partial charge on any atom is 0.273 e. The Balaban J connectivity index is 2.47. The number of non-ortho nitro benzene ring substituents is 1. The fourth-order valence-electron chi connectivity index (χ4n) is 1.88. The van der Waals surface area contributed by atoms with Gasteiger partial charge in [-0.1, -0.05) is 12.1 Å². The topological polar surface area (TPSA) is 72.6 Å². The zero-order valence-electron chi connectivity index (χ0n) is 11.5. The average Bonchev–Trinajstić information content (AvgIpc) is 2.42. The highest BCUT2D eigenvalue weighted by molar-refractivity contribution is 5.47. The van der Waals surface area contributed by atoms with E-state index >= 15 is 0 Å². The SMILES string of the molecule is Cc1ccc([N+](=O)[O-])cc1Oc1c(F)cccc1[C@@H](C)O. The number of hydrogen-bond donors (Lipinski definition) is 1. The summed E-state index contributed by atoms with van der Waals surface area (Å²) in [6, 6.07) is 8.30. The average molecular weight is 291 g/mol. The fourth-order valence-corrected chi connectivity index (χ4v) is 1.88. The molecule has 2 aromatic rings. The van der Waals surface area contributed by atoms with Crippen LogP contribution in [0.1, 0.15) is 24.2 Å². The first-order chi connectivity index (χ1) is 9.90. The van der Waals surface area contributed by atoms with Gasteiger partial charge in [0.1, 0.15) is 5.75 Å². The Hall–Kier alpha value is -2.47. The summed E-state index contributed by atoms with van der Waals surface area (Å²) in [4.78, 5) is 10.2. The van der Waals surface area contributed by atoms with Crippen LogP contribution in [0.5, 0.6) is 11.5 Å². The molecule has 0 bridgehead atoms. The number of aliphatic hydroxyl groups excluding tert-OH is 1. The second-order valence-corrected chi connectivity index (χ2v) is 4.64. The van der Waals surface area contributed by atoms with Crippen molar-refractivity contribution in [3.63, 3.8) is 0 Å².